The minimum absolute atomic E-state index is 0.105. The van der Waals surface area contributed by atoms with Crippen LogP contribution >= 0.6 is 0 Å². The molecule has 0 aromatic carbocycles. The summed E-state index contributed by atoms with van der Waals surface area (Å²) in [5, 5.41) is 10.2. The Bertz CT molecular complexity index is 630. The Labute approximate surface area is 155 Å². The van der Waals surface area contributed by atoms with Crippen molar-refractivity contribution >= 4 is 5.95 Å². The van der Waals surface area contributed by atoms with Crippen molar-refractivity contribution in [1.29, 1.82) is 0 Å². The number of hydrogen-bond acceptors (Lipinski definition) is 6. The Morgan fingerprint density at radius 2 is 1.81 bits per heavy atom. The van der Waals surface area contributed by atoms with Crippen molar-refractivity contribution in [3.63, 3.8) is 0 Å². The summed E-state index contributed by atoms with van der Waals surface area (Å²) in [5.41, 5.74) is -0.589. The lowest BCUT2D eigenvalue weighted by molar-refractivity contribution is -0.245. The molecule has 3 aliphatic rings. The van der Waals surface area contributed by atoms with E-state index in [0.29, 0.717) is 0 Å². The number of piperidine rings is 1. The van der Waals surface area contributed by atoms with Gasteiger partial charge in [0, 0.05) is 25.5 Å². The molecule has 3 aliphatic heterocycles. The van der Waals surface area contributed by atoms with E-state index in [4.69, 9.17) is 9.47 Å². The van der Waals surface area contributed by atoms with Crippen LogP contribution in [0.1, 0.15) is 52.9 Å². The second kappa shape index (κ2) is 6.43. The maximum absolute atomic E-state index is 10.2. The average molecular weight is 361 g/mol. The normalized spacial score (nSPS) is 36.4. The molecule has 3 fully saturated rings. The van der Waals surface area contributed by atoms with Crippen LogP contribution in [0.3, 0.4) is 0 Å². The summed E-state index contributed by atoms with van der Waals surface area (Å²) in [6.07, 6.45) is 8.18. The fourth-order valence-corrected chi connectivity index (χ4v) is 4.88. The summed E-state index contributed by atoms with van der Waals surface area (Å²) in [6, 6.07) is 1.85. The van der Waals surface area contributed by atoms with E-state index < -0.39 is 11.7 Å². The summed E-state index contributed by atoms with van der Waals surface area (Å²) in [6.45, 7) is 8.89. The van der Waals surface area contributed by atoms with Gasteiger partial charge in [-0.1, -0.05) is 0 Å². The van der Waals surface area contributed by atoms with Gasteiger partial charge in [0.1, 0.15) is 0 Å². The molecule has 26 heavy (non-hydrogen) atoms. The van der Waals surface area contributed by atoms with E-state index in [1.807, 2.05) is 19.9 Å². The Balaban J connectivity index is 1.40. The van der Waals surface area contributed by atoms with Gasteiger partial charge in [-0.05, 0) is 64.4 Å². The second-order valence-corrected chi connectivity index (χ2v) is 9.11. The molecule has 0 saturated carbocycles. The first kappa shape index (κ1) is 18.1. The summed E-state index contributed by atoms with van der Waals surface area (Å²) in [4.78, 5) is 11.0. The fraction of sp³-hybridized carbons (Fsp3) is 0.800. The number of aliphatic hydroxyl groups is 1. The molecular weight excluding hydrogens is 330 g/mol. The van der Waals surface area contributed by atoms with Crippen molar-refractivity contribution in [1.82, 2.24) is 9.97 Å². The van der Waals surface area contributed by atoms with E-state index >= 15 is 0 Å². The van der Waals surface area contributed by atoms with Crippen molar-refractivity contribution in [2.75, 3.05) is 24.6 Å². The van der Waals surface area contributed by atoms with E-state index in [1.165, 1.54) is 0 Å². The zero-order valence-electron chi connectivity index (χ0n) is 16.1. The zero-order valence-corrected chi connectivity index (χ0v) is 16.1. The van der Waals surface area contributed by atoms with E-state index in [9.17, 15) is 5.11 Å². The second-order valence-electron chi connectivity index (χ2n) is 9.11. The van der Waals surface area contributed by atoms with Crippen LogP contribution < -0.4 is 4.90 Å². The standard InChI is InChI=1S/C20H31N3O3/c1-18(2)15(24)5-6-19(3,26-18)16-13-20(14-25-16)7-11-23(12-8-20)17-21-9-4-10-22-17/h4,9-10,15-16,24H,5-8,11-14H2,1-3H3/t15-,16+,19+/m0/s1. The molecule has 1 spiro atoms. The third kappa shape index (κ3) is 3.23. The Morgan fingerprint density at radius 1 is 1.12 bits per heavy atom. The topological polar surface area (TPSA) is 67.7 Å². The van der Waals surface area contributed by atoms with Gasteiger partial charge in [0.05, 0.1) is 30.0 Å². The molecule has 144 valence electrons. The molecule has 4 rings (SSSR count). The van der Waals surface area contributed by atoms with Gasteiger partial charge in [-0.2, -0.15) is 0 Å². The quantitative estimate of drug-likeness (QED) is 0.873. The van der Waals surface area contributed by atoms with E-state index in [-0.39, 0.29) is 17.1 Å². The predicted molar refractivity (Wildman–Crippen MR) is 99.1 cm³/mol. The fourth-order valence-electron chi connectivity index (χ4n) is 4.88. The first-order valence-electron chi connectivity index (χ1n) is 9.84. The molecule has 6 heteroatoms. The van der Waals surface area contributed by atoms with Gasteiger partial charge < -0.3 is 19.5 Å². The SMILES string of the molecule is CC1(C)O[C@@](C)([C@H]2CC3(CCN(c4ncccn4)CC3)CO2)CC[C@@H]1O. The first-order valence-corrected chi connectivity index (χ1v) is 9.84. The molecular formula is C20H31N3O3. The van der Waals surface area contributed by atoms with Crippen LogP contribution in [0.25, 0.3) is 0 Å². The summed E-state index contributed by atoms with van der Waals surface area (Å²) in [5.74, 6) is 0.830. The number of rotatable bonds is 2. The molecule has 1 aromatic heterocycles. The summed E-state index contributed by atoms with van der Waals surface area (Å²) in [7, 11) is 0. The van der Waals surface area contributed by atoms with Crippen LogP contribution in [-0.2, 0) is 9.47 Å². The largest absolute Gasteiger partial charge is 0.390 e. The van der Waals surface area contributed by atoms with Crippen LogP contribution in [0.2, 0.25) is 0 Å². The molecule has 1 aromatic rings. The van der Waals surface area contributed by atoms with Gasteiger partial charge in [-0.25, -0.2) is 9.97 Å². The Kier molecular flexibility index (Phi) is 4.48. The minimum atomic E-state index is -0.514. The van der Waals surface area contributed by atoms with Gasteiger partial charge in [0.15, 0.2) is 0 Å². The van der Waals surface area contributed by atoms with Gasteiger partial charge in [0.25, 0.3) is 0 Å². The molecule has 3 atom stereocenters. The summed E-state index contributed by atoms with van der Waals surface area (Å²) >= 11 is 0. The Morgan fingerprint density at radius 3 is 2.46 bits per heavy atom. The van der Waals surface area contributed by atoms with E-state index in [0.717, 1.165) is 57.7 Å². The number of anilines is 1. The van der Waals surface area contributed by atoms with Crippen molar-refractivity contribution in [3.8, 4) is 0 Å². The van der Waals surface area contributed by atoms with Crippen LogP contribution in [0.15, 0.2) is 18.5 Å². The van der Waals surface area contributed by atoms with Crippen molar-refractivity contribution < 1.29 is 14.6 Å². The monoisotopic (exact) mass is 361 g/mol. The molecule has 4 heterocycles. The smallest absolute Gasteiger partial charge is 0.225 e. The van der Waals surface area contributed by atoms with Gasteiger partial charge in [0.2, 0.25) is 5.95 Å². The number of nitrogens with zero attached hydrogens (tertiary/aromatic N) is 3. The molecule has 0 radical (unpaired) electrons. The lowest BCUT2D eigenvalue weighted by Crippen LogP contribution is -2.56. The maximum Gasteiger partial charge on any atom is 0.225 e. The van der Waals surface area contributed by atoms with Gasteiger partial charge in [-0.3, -0.25) is 0 Å². The third-order valence-electron chi connectivity index (χ3n) is 6.76. The van der Waals surface area contributed by atoms with Crippen LogP contribution in [-0.4, -0.2) is 58.2 Å². The average Bonchev–Trinajstić information content (AvgIpc) is 3.04. The molecule has 0 bridgehead atoms. The van der Waals surface area contributed by atoms with E-state index in [1.54, 1.807) is 12.4 Å². The predicted octanol–water partition coefficient (Wildman–Crippen LogP) is 2.56. The molecule has 6 nitrogen and oxygen atoms in total. The van der Waals surface area contributed by atoms with Crippen molar-refractivity contribution in [3.05, 3.63) is 18.5 Å². The van der Waals surface area contributed by atoms with Crippen LogP contribution in [0.5, 0.6) is 0 Å². The highest BCUT2D eigenvalue weighted by Crippen LogP contribution is 2.49. The maximum atomic E-state index is 10.2. The molecule has 0 unspecified atom stereocenters. The van der Waals surface area contributed by atoms with Crippen molar-refractivity contribution in [2.45, 2.75) is 76.3 Å². The highest BCUT2D eigenvalue weighted by molar-refractivity contribution is 5.29. The first-order chi connectivity index (χ1) is 12.3. The molecule has 0 amide bonds. The van der Waals surface area contributed by atoms with Gasteiger partial charge >= 0.3 is 0 Å². The van der Waals surface area contributed by atoms with Crippen molar-refractivity contribution in [2.24, 2.45) is 5.41 Å². The number of aliphatic hydroxyl groups excluding tert-OH is 1. The summed E-state index contributed by atoms with van der Waals surface area (Å²) < 4.78 is 12.7. The third-order valence-corrected chi connectivity index (χ3v) is 6.76. The molecule has 0 aliphatic carbocycles. The van der Waals surface area contributed by atoms with Crippen LogP contribution in [0.4, 0.5) is 5.95 Å². The number of aromatic nitrogens is 2. The van der Waals surface area contributed by atoms with Gasteiger partial charge in [-0.15, -0.1) is 0 Å². The van der Waals surface area contributed by atoms with Crippen LogP contribution in [0, 0.1) is 5.41 Å². The molecule has 1 N–H and O–H groups in total. The number of ether oxygens (including phenoxy) is 2. The Hall–Kier alpha value is -1.24. The lowest BCUT2D eigenvalue weighted by Gasteiger charge is -2.48. The molecule has 3 saturated heterocycles. The highest BCUT2D eigenvalue weighted by Gasteiger charge is 2.53. The zero-order chi connectivity index (χ0) is 18.4. The number of hydrogen-bond donors (Lipinski definition) is 1. The highest BCUT2D eigenvalue weighted by atomic mass is 16.6. The minimum Gasteiger partial charge on any atom is -0.390 e. The van der Waals surface area contributed by atoms with E-state index in [2.05, 4.69) is 21.8 Å². The lowest BCUT2D eigenvalue weighted by atomic mass is 9.73.